The summed E-state index contributed by atoms with van der Waals surface area (Å²) < 4.78 is 6.94. The van der Waals surface area contributed by atoms with Crippen molar-refractivity contribution in [2.24, 2.45) is 0 Å². The number of likely N-dealkylation sites (N-methyl/N-ethyl adjacent to an activating group) is 1. The van der Waals surface area contributed by atoms with Gasteiger partial charge in [0, 0.05) is 37.8 Å². The van der Waals surface area contributed by atoms with Gasteiger partial charge in [0.15, 0.2) is 5.57 Å². The zero-order chi connectivity index (χ0) is 25.8. The predicted octanol–water partition coefficient (Wildman–Crippen LogP) is -0.280. The van der Waals surface area contributed by atoms with Crippen molar-refractivity contribution in [3.8, 4) is 18.4 Å². The van der Waals surface area contributed by atoms with Crippen LogP contribution in [0.5, 0.6) is 0 Å². The molecule has 10 nitrogen and oxygen atoms in total. The first-order chi connectivity index (χ1) is 16.8. The Morgan fingerprint density at radius 2 is 2.09 bits per heavy atom. The number of methoxy groups -OCH3 is 1. The molecule has 0 aliphatic heterocycles. The van der Waals surface area contributed by atoms with Crippen molar-refractivity contribution in [2.75, 3.05) is 51.0 Å². The molecule has 0 fully saturated rings. The predicted molar refractivity (Wildman–Crippen MR) is 137 cm³/mol. The van der Waals surface area contributed by atoms with Crippen molar-refractivity contribution in [2.45, 2.75) is 13.5 Å². The summed E-state index contributed by atoms with van der Waals surface area (Å²) in [5.41, 5.74) is 0.728. The molecule has 0 spiro atoms. The standard InChI is InChI=1S/C24H28N6O4S/c1-5-10-26-22(32)19(14-25)24-30(6-2)23(33)20(35-24)15-27-17-8-7-9-18(13-17)28-21(31)16-29(3)11-12-34-4/h1,7-9,13,15,27H,6,10-12,16H2,2-4H3,(H,26,32)(H,28,31). The van der Waals surface area contributed by atoms with Crippen LogP contribution in [0.4, 0.5) is 11.4 Å². The molecule has 0 aliphatic carbocycles. The van der Waals surface area contributed by atoms with E-state index in [1.807, 2.05) is 18.0 Å². The Labute approximate surface area is 207 Å². The van der Waals surface area contributed by atoms with Gasteiger partial charge in [-0.1, -0.05) is 12.0 Å². The van der Waals surface area contributed by atoms with E-state index in [2.05, 4.69) is 21.9 Å². The molecule has 1 aromatic carbocycles. The number of aromatic nitrogens is 1. The molecule has 0 saturated carbocycles. The van der Waals surface area contributed by atoms with Gasteiger partial charge in [-0.05, 0) is 32.2 Å². The number of amides is 2. The lowest BCUT2D eigenvalue weighted by atomic mass is 10.2. The summed E-state index contributed by atoms with van der Waals surface area (Å²) in [4.78, 5) is 39.3. The molecule has 0 bridgehead atoms. The largest absolute Gasteiger partial charge is 0.383 e. The normalized spacial score (nSPS) is 12.0. The van der Waals surface area contributed by atoms with Gasteiger partial charge < -0.3 is 20.7 Å². The molecule has 11 heteroatoms. The van der Waals surface area contributed by atoms with E-state index in [-0.39, 0.29) is 41.3 Å². The summed E-state index contributed by atoms with van der Waals surface area (Å²) in [6.45, 7) is 3.40. The van der Waals surface area contributed by atoms with E-state index >= 15 is 0 Å². The first-order valence-electron chi connectivity index (χ1n) is 10.7. The lowest BCUT2D eigenvalue weighted by Crippen LogP contribution is -2.34. The fraction of sp³-hybridized carbons (Fsp3) is 0.333. The maximum atomic E-state index is 12.8. The van der Waals surface area contributed by atoms with Crippen molar-refractivity contribution in [3.05, 3.63) is 43.8 Å². The van der Waals surface area contributed by atoms with Gasteiger partial charge in [-0.15, -0.1) is 17.8 Å². The van der Waals surface area contributed by atoms with Gasteiger partial charge in [0.2, 0.25) is 5.91 Å². The smallest absolute Gasteiger partial charge is 0.270 e. The Morgan fingerprint density at radius 3 is 2.74 bits per heavy atom. The number of rotatable bonds is 11. The topological polar surface area (TPSA) is 128 Å². The number of ether oxygens (including phenoxy) is 1. The van der Waals surface area contributed by atoms with E-state index in [4.69, 9.17) is 11.2 Å². The van der Waals surface area contributed by atoms with Crippen LogP contribution >= 0.6 is 11.3 Å². The number of carbonyl (C=O) groups is 2. The molecule has 2 rings (SSSR count). The third kappa shape index (κ3) is 7.83. The molecule has 1 aromatic heterocycles. The number of hydrogen-bond donors (Lipinski definition) is 3. The Kier molecular flexibility index (Phi) is 10.7. The maximum absolute atomic E-state index is 12.8. The molecule has 0 aliphatic rings. The van der Waals surface area contributed by atoms with Crippen LogP contribution in [-0.4, -0.2) is 61.7 Å². The van der Waals surface area contributed by atoms with Gasteiger partial charge >= 0.3 is 0 Å². The zero-order valence-electron chi connectivity index (χ0n) is 19.9. The number of hydrogen-bond acceptors (Lipinski definition) is 8. The average Bonchev–Trinajstić information content (AvgIpc) is 3.15. The van der Waals surface area contributed by atoms with Crippen LogP contribution in [0.1, 0.15) is 6.92 Å². The van der Waals surface area contributed by atoms with Gasteiger partial charge in [0.1, 0.15) is 15.3 Å². The van der Waals surface area contributed by atoms with Crippen molar-refractivity contribution in [1.82, 2.24) is 14.8 Å². The van der Waals surface area contributed by atoms with Crippen molar-refractivity contribution < 1.29 is 14.3 Å². The molecule has 3 N–H and O–H groups in total. The molecule has 0 atom stereocenters. The highest BCUT2D eigenvalue weighted by Gasteiger charge is 2.14. The van der Waals surface area contributed by atoms with Gasteiger partial charge in [0.05, 0.1) is 19.7 Å². The van der Waals surface area contributed by atoms with Gasteiger partial charge in [-0.2, -0.15) is 5.26 Å². The first-order valence-corrected chi connectivity index (χ1v) is 11.6. The van der Waals surface area contributed by atoms with Crippen LogP contribution in [0.25, 0.3) is 11.8 Å². The van der Waals surface area contributed by atoms with Gasteiger partial charge in [-0.25, -0.2) is 0 Å². The number of nitrogens with one attached hydrogen (secondary N) is 3. The van der Waals surface area contributed by atoms with Crippen LogP contribution in [0.3, 0.4) is 0 Å². The molecule has 2 amide bonds. The minimum absolute atomic E-state index is 0.0252. The highest BCUT2D eigenvalue weighted by molar-refractivity contribution is 7.07. The van der Waals surface area contributed by atoms with E-state index in [9.17, 15) is 19.6 Å². The number of terminal acetylenes is 1. The summed E-state index contributed by atoms with van der Waals surface area (Å²) in [5, 5.41) is 17.8. The molecular formula is C24H28N6O4S. The van der Waals surface area contributed by atoms with Crippen LogP contribution in [-0.2, 0) is 20.9 Å². The Balaban J connectivity index is 2.26. The lowest BCUT2D eigenvalue weighted by Gasteiger charge is -2.15. The quantitative estimate of drug-likeness (QED) is 0.365. The molecule has 0 saturated heterocycles. The van der Waals surface area contributed by atoms with E-state index in [0.29, 0.717) is 29.1 Å². The Morgan fingerprint density at radius 1 is 1.34 bits per heavy atom. The summed E-state index contributed by atoms with van der Waals surface area (Å²) in [6.07, 6.45) is 6.67. The molecule has 0 unspecified atom stereocenters. The van der Waals surface area contributed by atoms with Crippen LogP contribution in [0.2, 0.25) is 0 Å². The number of carbonyl (C=O) groups excluding carboxylic acids is 2. The van der Waals surface area contributed by atoms with E-state index in [1.54, 1.807) is 38.3 Å². The number of anilines is 2. The van der Waals surface area contributed by atoms with Crippen LogP contribution in [0, 0.1) is 23.7 Å². The molecule has 0 radical (unpaired) electrons. The second-order valence-electron chi connectivity index (χ2n) is 7.34. The number of thiazole rings is 1. The third-order valence-corrected chi connectivity index (χ3v) is 5.86. The van der Waals surface area contributed by atoms with E-state index in [0.717, 1.165) is 11.3 Å². The van der Waals surface area contributed by atoms with Crippen molar-refractivity contribution >= 4 is 46.3 Å². The highest BCUT2D eigenvalue weighted by atomic mass is 32.1. The van der Waals surface area contributed by atoms with E-state index < -0.39 is 5.91 Å². The second-order valence-corrected chi connectivity index (χ2v) is 8.37. The van der Waals surface area contributed by atoms with Crippen molar-refractivity contribution in [3.63, 3.8) is 0 Å². The van der Waals surface area contributed by atoms with Crippen LogP contribution < -0.4 is 30.7 Å². The SMILES string of the molecule is C#CCNC(=O)C(C#N)=c1sc(=CNc2cccc(NC(=O)CN(C)CCOC)c2)c(=O)n1CC. The average molecular weight is 497 g/mol. The fourth-order valence-electron chi connectivity index (χ4n) is 3.02. The summed E-state index contributed by atoms with van der Waals surface area (Å²) >= 11 is 1.03. The number of benzene rings is 1. The lowest BCUT2D eigenvalue weighted by molar-refractivity contribution is -0.117. The summed E-state index contributed by atoms with van der Waals surface area (Å²) in [7, 11) is 3.44. The fourth-order valence-corrected chi connectivity index (χ4v) is 4.10. The Bertz CT molecular complexity index is 1320. The minimum atomic E-state index is -0.635. The molecule has 184 valence electrons. The van der Waals surface area contributed by atoms with Crippen LogP contribution in [0.15, 0.2) is 29.1 Å². The minimum Gasteiger partial charge on any atom is -0.383 e. The third-order valence-electron chi connectivity index (χ3n) is 4.73. The van der Waals surface area contributed by atoms with Gasteiger partial charge in [-0.3, -0.25) is 23.9 Å². The Hall–Kier alpha value is -3.90. The summed E-state index contributed by atoms with van der Waals surface area (Å²) in [6, 6.07) is 8.91. The molecule has 35 heavy (non-hydrogen) atoms. The maximum Gasteiger partial charge on any atom is 0.270 e. The highest BCUT2D eigenvalue weighted by Crippen LogP contribution is 2.15. The second kappa shape index (κ2) is 13.7. The number of nitriles is 1. The molecular weight excluding hydrogens is 468 g/mol. The molecule has 2 aromatic rings. The van der Waals surface area contributed by atoms with Crippen molar-refractivity contribution in [1.29, 1.82) is 5.26 Å². The first kappa shape index (κ1) is 27.3. The van der Waals surface area contributed by atoms with Gasteiger partial charge in [0.25, 0.3) is 11.5 Å². The molecule has 1 heterocycles. The monoisotopic (exact) mass is 496 g/mol. The summed E-state index contributed by atoms with van der Waals surface area (Å²) in [5.74, 6) is 1.48. The zero-order valence-corrected chi connectivity index (χ0v) is 20.7. The number of nitrogens with zero attached hydrogens (tertiary/aromatic N) is 3. The van der Waals surface area contributed by atoms with E-state index in [1.165, 1.54) is 10.8 Å².